The fraction of sp³-hybridized carbons (Fsp3) is 0.545. The number of H-pyrrole nitrogens is 1. The second-order valence-corrected chi connectivity index (χ2v) is 13.2. The number of carbonyl (C=O) groups excluding carboxylic acids is 1. The Morgan fingerprint density at radius 3 is 2.91 bits per heavy atom. The maximum Gasteiger partial charge on any atom is 0.319 e. The number of piperidine rings is 1. The van der Waals surface area contributed by atoms with Gasteiger partial charge in [0.25, 0.3) is 0 Å². The van der Waals surface area contributed by atoms with Gasteiger partial charge in [0.05, 0.1) is 29.2 Å². The van der Waals surface area contributed by atoms with Gasteiger partial charge in [0, 0.05) is 43.1 Å². The molecule has 3 fully saturated rings. The predicted octanol–water partition coefficient (Wildman–Crippen LogP) is 5.21. The van der Waals surface area contributed by atoms with Gasteiger partial charge in [-0.05, 0) is 75.6 Å². The number of aromatic amines is 1. The monoisotopic (exact) mass is 617 g/mol. The molecule has 9 rings (SSSR count). The molecule has 3 aromatic heterocycles. The van der Waals surface area contributed by atoms with Crippen molar-refractivity contribution in [2.75, 3.05) is 37.7 Å². The van der Waals surface area contributed by atoms with Crippen molar-refractivity contribution in [3.63, 3.8) is 0 Å². The van der Waals surface area contributed by atoms with E-state index in [1.807, 2.05) is 17.9 Å². The van der Waals surface area contributed by atoms with Crippen molar-refractivity contribution in [2.45, 2.75) is 82.5 Å². The van der Waals surface area contributed by atoms with Gasteiger partial charge in [-0.2, -0.15) is 15.1 Å². The fourth-order valence-corrected chi connectivity index (χ4v) is 8.05. The van der Waals surface area contributed by atoms with Crippen LogP contribution in [0, 0.1) is 12.7 Å². The molecule has 3 atom stereocenters. The largest absolute Gasteiger partial charge is 0.461 e. The van der Waals surface area contributed by atoms with Crippen LogP contribution in [0.5, 0.6) is 6.01 Å². The van der Waals surface area contributed by atoms with Crippen LogP contribution in [0.2, 0.25) is 0 Å². The van der Waals surface area contributed by atoms with Gasteiger partial charge >= 0.3 is 12.0 Å². The lowest BCUT2D eigenvalue weighted by Crippen LogP contribution is -2.43. The summed E-state index contributed by atoms with van der Waals surface area (Å²) in [5.41, 5.74) is 3.33. The van der Waals surface area contributed by atoms with Gasteiger partial charge in [-0.25, -0.2) is 8.78 Å². The van der Waals surface area contributed by atoms with Crippen molar-refractivity contribution in [1.29, 1.82) is 0 Å². The molecule has 8 heterocycles. The molecule has 12 heteroatoms. The first kappa shape index (κ1) is 28.5. The normalized spacial score (nSPS) is 25.7. The number of pyridine rings is 1. The van der Waals surface area contributed by atoms with E-state index in [0.29, 0.717) is 62.1 Å². The number of nitrogens with zero attached hydrogens (tertiary/aromatic N) is 6. The van der Waals surface area contributed by atoms with Crippen molar-refractivity contribution in [1.82, 2.24) is 30.0 Å². The molecule has 0 radical (unpaired) electrons. The van der Waals surface area contributed by atoms with E-state index < -0.39 is 17.5 Å². The second kappa shape index (κ2) is 11.1. The van der Waals surface area contributed by atoms with E-state index in [-0.39, 0.29) is 35.9 Å². The van der Waals surface area contributed by atoms with Crippen LogP contribution in [0.4, 0.5) is 14.6 Å². The average molecular weight is 618 g/mol. The van der Waals surface area contributed by atoms with E-state index in [0.717, 1.165) is 60.7 Å². The quantitative estimate of drug-likeness (QED) is 0.310. The van der Waals surface area contributed by atoms with Gasteiger partial charge in [0.15, 0.2) is 5.82 Å². The number of rotatable bonds is 3. The Labute approximate surface area is 259 Å². The van der Waals surface area contributed by atoms with Gasteiger partial charge in [0.1, 0.15) is 35.9 Å². The molecule has 45 heavy (non-hydrogen) atoms. The Morgan fingerprint density at radius 2 is 2.00 bits per heavy atom. The summed E-state index contributed by atoms with van der Waals surface area (Å²) >= 11 is 0. The zero-order chi connectivity index (χ0) is 30.7. The van der Waals surface area contributed by atoms with E-state index in [2.05, 4.69) is 20.1 Å². The number of carbonyl (C=O) groups is 1. The molecule has 0 unspecified atom stereocenters. The molecule has 5 aliphatic heterocycles. The number of hydrogen-bond acceptors (Lipinski definition) is 9. The molecular formula is C33H37F2N7O3. The second-order valence-electron chi connectivity index (χ2n) is 13.2. The van der Waals surface area contributed by atoms with Gasteiger partial charge in [-0.3, -0.25) is 19.8 Å². The highest BCUT2D eigenvalue weighted by Crippen LogP contribution is 2.42. The highest BCUT2D eigenvalue weighted by Gasteiger charge is 2.49. The Hall–Kier alpha value is -3.93. The summed E-state index contributed by atoms with van der Waals surface area (Å²) in [6.45, 7) is 4.57. The standard InChI is InChI=1S/C33H37F2N7O3/c1-19-12-25-23(15-37-40-25)27-22(19)7-2-3-8-26(43)45-21-6-4-10-41(17-21)31-24-14-36-30(27)28(35)29(24)38-32(39-31)44-18-33-9-5-11-42(33)16-20(34)13-33/h12,14-15,20-21H,2-11,13,16-18H2,1H3,(H,37,40)/t20-,21-,33+/m1/s1. The Bertz CT molecular complexity index is 1800. The molecule has 1 N–H and O–H groups in total. The summed E-state index contributed by atoms with van der Waals surface area (Å²) in [5, 5.41) is 8.51. The number of hydrogen-bond donors (Lipinski definition) is 1. The molecular weight excluding hydrogens is 580 g/mol. The van der Waals surface area contributed by atoms with Crippen LogP contribution in [0.25, 0.3) is 33.1 Å². The first-order chi connectivity index (χ1) is 21.9. The van der Waals surface area contributed by atoms with E-state index >= 15 is 4.39 Å². The lowest BCUT2D eigenvalue weighted by molar-refractivity contribution is -0.149. The number of nitrogens with one attached hydrogen (secondary N) is 1. The molecule has 236 valence electrons. The zero-order valence-electron chi connectivity index (χ0n) is 25.5. The number of fused-ring (bicyclic) bond motifs is 8. The average Bonchev–Trinajstić information content (AvgIpc) is 3.72. The number of ether oxygens (including phenoxy) is 2. The summed E-state index contributed by atoms with van der Waals surface area (Å²) < 4.78 is 43.7. The minimum absolute atomic E-state index is 0.0511. The highest BCUT2D eigenvalue weighted by atomic mass is 19.1. The number of aryl methyl sites for hydroxylation is 1. The number of aromatic nitrogens is 5. The van der Waals surface area contributed by atoms with Gasteiger partial charge < -0.3 is 14.4 Å². The maximum atomic E-state index is 17.0. The van der Waals surface area contributed by atoms with Gasteiger partial charge in [0.2, 0.25) is 0 Å². The lowest BCUT2D eigenvalue weighted by Gasteiger charge is -2.34. The number of esters is 1. The third kappa shape index (κ3) is 4.97. The van der Waals surface area contributed by atoms with Crippen molar-refractivity contribution in [2.24, 2.45) is 0 Å². The summed E-state index contributed by atoms with van der Waals surface area (Å²) in [6.07, 6.45) is 8.30. The van der Waals surface area contributed by atoms with E-state index in [1.165, 1.54) is 0 Å². The third-order valence-corrected chi connectivity index (χ3v) is 10.2. The molecule has 0 amide bonds. The Balaban J connectivity index is 1.29. The van der Waals surface area contributed by atoms with Crippen LogP contribution in [-0.4, -0.2) is 86.6 Å². The van der Waals surface area contributed by atoms with Gasteiger partial charge in [-0.1, -0.05) is 0 Å². The Kier molecular flexibility index (Phi) is 7.07. The number of halogens is 2. The van der Waals surface area contributed by atoms with Crippen LogP contribution in [0.1, 0.15) is 62.5 Å². The topological polar surface area (TPSA) is 109 Å². The van der Waals surface area contributed by atoms with Crippen molar-refractivity contribution < 1.29 is 23.0 Å². The number of anilines is 1. The smallest absolute Gasteiger partial charge is 0.319 e. The van der Waals surface area contributed by atoms with Crippen LogP contribution < -0.4 is 9.64 Å². The fourth-order valence-electron chi connectivity index (χ4n) is 8.05. The van der Waals surface area contributed by atoms with Crippen molar-refractivity contribution >= 4 is 33.6 Å². The van der Waals surface area contributed by atoms with Crippen molar-refractivity contribution in [3.05, 3.63) is 35.4 Å². The molecule has 1 aromatic carbocycles. The van der Waals surface area contributed by atoms with E-state index in [1.54, 1.807) is 12.4 Å². The number of benzene rings is 1. The summed E-state index contributed by atoms with van der Waals surface area (Å²) in [6, 6.07) is 2.07. The molecule has 0 spiro atoms. The minimum Gasteiger partial charge on any atom is -0.461 e. The lowest BCUT2D eigenvalue weighted by atomic mass is 9.91. The molecule has 0 saturated carbocycles. The van der Waals surface area contributed by atoms with Gasteiger partial charge in [-0.15, -0.1) is 0 Å². The molecule has 10 nitrogen and oxygen atoms in total. The number of alkyl halides is 1. The maximum absolute atomic E-state index is 17.0. The molecule has 3 saturated heterocycles. The SMILES string of the molecule is Cc1cc2[nH]ncc2c2c1CCCCC(=O)O[C@@H]1CCCN(C1)c1nc(OC[C@@]34CCCN3C[C@H](F)C4)nc3c(F)c-2ncc13. The van der Waals surface area contributed by atoms with Crippen LogP contribution in [0.3, 0.4) is 0 Å². The highest BCUT2D eigenvalue weighted by molar-refractivity contribution is 5.99. The van der Waals surface area contributed by atoms with Crippen molar-refractivity contribution in [3.8, 4) is 17.3 Å². The van der Waals surface area contributed by atoms with E-state index in [4.69, 9.17) is 19.4 Å². The van der Waals surface area contributed by atoms with Crippen LogP contribution >= 0.6 is 0 Å². The van der Waals surface area contributed by atoms with Crippen LogP contribution in [-0.2, 0) is 16.0 Å². The minimum atomic E-state index is -0.892. The molecule has 6 bridgehead atoms. The molecule has 4 aromatic rings. The first-order valence-corrected chi connectivity index (χ1v) is 16.2. The summed E-state index contributed by atoms with van der Waals surface area (Å²) in [4.78, 5) is 31.2. The predicted molar refractivity (Wildman–Crippen MR) is 165 cm³/mol. The third-order valence-electron chi connectivity index (χ3n) is 10.2. The summed E-state index contributed by atoms with van der Waals surface area (Å²) in [7, 11) is 0. The zero-order valence-corrected chi connectivity index (χ0v) is 25.5. The molecule has 0 aliphatic carbocycles. The van der Waals surface area contributed by atoms with E-state index in [9.17, 15) is 9.18 Å². The Morgan fingerprint density at radius 1 is 1.11 bits per heavy atom. The molecule has 5 aliphatic rings. The first-order valence-electron chi connectivity index (χ1n) is 16.2. The van der Waals surface area contributed by atoms with Crippen LogP contribution in [0.15, 0.2) is 18.5 Å². The summed E-state index contributed by atoms with van der Waals surface area (Å²) in [5.74, 6) is -0.255.